The third-order valence-corrected chi connectivity index (χ3v) is 7.57. The fourth-order valence-electron chi connectivity index (χ4n) is 5.04. The Hall–Kier alpha value is -3.64. The second-order valence-electron chi connectivity index (χ2n) is 10.4. The van der Waals surface area contributed by atoms with E-state index in [1.807, 2.05) is 30.3 Å². The number of hydrogen-bond acceptors (Lipinski definition) is 6. The number of carbonyl (C=O) groups is 1. The van der Waals surface area contributed by atoms with Gasteiger partial charge in [0.2, 0.25) is 10.0 Å². The van der Waals surface area contributed by atoms with Crippen LogP contribution in [-0.2, 0) is 10.0 Å². The van der Waals surface area contributed by atoms with E-state index in [0.29, 0.717) is 31.0 Å². The molecule has 2 aliphatic rings. The maximum atomic E-state index is 14.8. The van der Waals surface area contributed by atoms with Crippen LogP contribution in [0.5, 0.6) is 11.5 Å². The maximum absolute atomic E-state index is 14.8. The first-order chi connectivity index (χ1) is 19.4. The molecule has 5 rings (SSSR count). The van der Waals surface area contributed by atoms with Gasteiger partial charge < -0.3 is 9.47 Å². The summed E-state index contributed by atoms with van der Waals surface area (Å²) in [6.07, 6.45) is -2.23. The first-order valence-corrected chi connectivity index (χ1v) is 14.9. The second kappa shape index (κ2) is 11.3. The molecule has 0 unspecified atom stereocenters. The lowest BCUT2D eigenvalue weighted by Gasteiger charge is -2.44. The molecule has 1 N–H and O–H groups in total. The van der Waals surface area contributed by atoms with Crippen LogP contribution >= 0.6 is 0 Å². The zero-order valence-electron chi connectivity index (χ0n) is 22.0. The number of sulfonamides is 1. The fraction of sp³-hybridized carbons (Fsp3) is 0.345. The number of likely N-dealkylation sites (tertiary alicyclic amines) is 1. The van der Waals surface area contributed by atoms with Gasteiger partial charge in [0.15, 0.2) is 0 Å². The van der Waals surface area contributed by atoms with Crippen LogP contribution in [0.15, 0.2) is 66.7 Å². The zero-order valence-corrected chi connectivity index (χ0v) is 22.8. The summed E-state index contributed by atoms with van der Waals surface area (Å²) in [5.74, 6) is -1.64. The number of benzene rings is 3. The van der Waals surface area contributed by atoms with Crippen LogP contribution in [0.25, 0.3) is 0 Å². The van der Waals surface area contributed by atoms with Crippen LogP contribution in [0.3, 0.4) is 0 Å². The number of hydrogen-bond donors (Lipinski definition) is 1. The number of ether oxygens (including phenoxy) is 2. The van der Waals surface area contributed by atoms with Crippen LogP contribution < -0.4 is 14.2 Å². The van der Waals surface area contributed by atoms with Crippen molar-refractivity contribution in [2.75, 3.05) is 26.0 Å². The third-order valence-electron chi connectivity index (χ3n) is 7.01. The summed E-state index contributed by atoms with van der Waals surface area (Å²) in [4.78, 5) is 14.5. The van der Waals surface area contributed by atoms with Gasteiger partial charge in [-0.3, -0.25) is 9.69 Å². The van der Waals surface area contributed by atoms with Gasteiger partial charge in [-0.25, -0.2) is 17.5 Å². The van der Waals surface area contributed by atoms with E-state index in [9.17, 15) is 30.8 Å². The summed E-state index contributed by atoms with van der Waals surface area (Å²) in [6.45, 7) is 1.57. The third kappa shape index (κ3) is 7.36. The van der Waals surface area contributed by atoms with Crippen molar-refractivity contribution in [1.29, 1.82) is 0 Å². The summed E-state index contributed by atoms with van der Waals surface area (Å²) in [6, 6.07) is 17.8. The zero-order chi connectivity index (χ0) is 29.4. The Bertz CT molecular complexity index is 1500. The number of rotatable bonds is 10. The molecule has 1 amide bonds. The van der Waals surface area contributed by atoms with Gasteiger partial charge in [-0.15, -0.1) is 13.2 Å². The highest BCUT2D eigenvalue weighted by Crippen LogP contribution is 2.45. The number of amides is 1. The predicted molar refractivity (Wildman–Crippen MR) is 143 cm³/mol. The molecular weight excluding hydrogens is 564 g/mol. The molecule has 12 heteroatoms. The number of nitrogens with zero attached hydrogens (tertiary/aromatic N) is 1. The molecule has 1 heterocycles. The molecule has 1 aliphatic heterocycles. The Morgan fingerprint density at radius 2 is 1.66 bits per heavy atom. The molecule has 0 radical (unpaired) electrons. The summed E-state index contributed by atoms with van der Waals surface area (Å²) >= 11 is 0. The van der Waals surface area contributed by atoms with E-state index in [2.05, 4.69) is 9.64 Å². The van der Waals surface area contributed by atoms with E-state index >= 15 is 0 Å². The van der Waals surface area contributed by atoms with Gasteiger partial charge in [0.25, 0.3) is 5.91 Å². The van der Waals surface area contributed by atoms with Crippen molar-refractivity contribution in [2.24, 2.45) is 5.92 Å². The van der Waals surface area contributed by atoms with Crippen molar-refractivity contribution in [1.82, 2.24) is 9.62 Å². The molecule has 3 aromatic rings. The molecule has 2 fully saturated rings. The van der Waals surface area contributed by atoms with E-state index in [0.717, 1.165) is 36.3 Å². The van der Waals surface area contributed by atoms with Crippen LogP contribution in [0.1, 0.15) is 51.8 Å². The number of carbonyl (C=O) groups excluding carboxylic acids is 1. The van der Waals surface area contributed by atoms with Gasteiger partial charge in [-0.2, -0.15) is 0 Å². The van der Waals surface area contributed by atoms with Gasteiger partial charge in [-0.1, -0.05) is 42.5 Å². The number of nitrogens with one attached hydrogen (secondary N) is 1. The van der Waals surface area contributed by atoms with E-state index in [1.54, 1.807) is 16.9 Å². The van der Waals surface area contributed by atoms with Crippen molar-refractivity contribution in [3.8, 4) is 11.5 Å². The highest BCUT2D eigenvalue weighted by molar-refractivity contribution is 7.89. The predicted octanol–water partition coefficient (Wildman–Crippen LogP) is 5.39. The molecule has 0 spiro atoms. The molecule has 3 aromatic carbocycles. The first-order valence-electron chi connectivity index (χ1n) is 13.0. The van der Waals surface area contributed by atoms with Crippen molar-refractivity contribution >= 4 is 15.9 Å². The molecule has 7 nitrogen and oxygen atoms in total. The van der Waals surface area contributed by atoms with Gasteiger partial charge in [0.1, 0.15) is 17.3 Å². The topological polar surface area (TPSA) is 84.9 Å². The van der Waals surface area contributed by atoms with Gasteiger partial charge >= 0.3 is 6.36 Å². The lowest BCUT2D eigenvalue weighted by atomic mass is 9.90. The summed E-state index contributed by atoms with van der Waals surface area (Å²) in [7, 11) is -3.85. The fourth-order valence-corrected chi connectivity index (χ4v) is 5.49. The van der Waals surface area contributed by atoms with Crippen molar-refractivity contribution in [3.63, 3.8) is 0 Å². The Kier molecular flexibility index (Phi) is 7.97. The van der Waals surface area contributed by atoms with Crippen molar-refractivity contribution in [3.05, 3.63) is 94.8 Å². The molecular formula is C29H28F4N2O5S. The molecule has 1 aliphatic carbocycles. The van der Waals surface area contributed by atoms with E-state index < -0.39 is 28.1 Å². The smallest absolute Gasteiger partial charge is 0.493 e. The minimum absolute atomic E-state index is 0.109. The van der Waals surface area contributed by atoms with Gasteiger partial charge in [-0.05, 0) is 53.6 Å². The van der Waals surface area contributed by atoms with Crippen LogP contribution in [0.4, 0.5) is 17.6 Å². The maximum Gasteiger partial charge on any atom is 0.573 e. The van der Waals surface area contributed by atoms with Crippen LogP contribution in [-0.4, -0.2) is 51.5 Å². The minimum atomic E-state index is -4.77. The lowest BCUT2D eigenvalue weighted by Crippen LogP contribution is -2.51. The largest absolute Gasteiger partial charge is 0.573 e. The van der Waals surface area contributed by atoms with E-state index in [-0.39, 0.29) is 29.2 Å². The molecule has 218 valence electrons. The van der Waals surface area contributed by atoms with Gasteiger partial charge in [0, 0.05) is 25.1 Å². The highest BCUT2D eigenvalue weighted by atomic mass is 32.2. The average Bonchev–Trinajstić information content (AvgIpc) is 3.70. The van der Waals surface area contributed by atoms with E-state index in [4.69, 9.17) is 4.74 Å². The van der Waals surface area contributed by atoms with Crippen molar-refractivity contribution < 1.29 is 40.2 Å². The number of alkyl halides is 3. The molecule has 0 bridgehead atoms. The summed E-state index contributed by atoms with van der Waals surface area (Å²) in [5.41, 5.74) is 2.12. The Morgan fingerprint density at radius 1 is 1.02 bits per heavy atom. The first kappa shape index (κ1) is 28.9. The Balaban J connectivity index is 1.27. The standard InChI is InChI=1S/C29H28F4N2O5S/c1-41(37,38)34-28(36)24-13-23(19-7-8-19)26(14-25(24)30)39-17-18-15-35(16-18)27(20-5-3-2-4-6-20)21-9-11-22(12-10-21)40-29(31,32)33/h2-6,9-14,18-19,27H,7-8,15-17H2,1H3,(H,34,36)/t27-/m0/s1. The average molecular weight is 593 g/mol. The SMILES string of the molecule is CS(=O)(=O)NC(=O)c1cc(C2CC2)c(OCC2CN([C@@H](c3ccccc3)c3ccc(OC(F)(F)F)cc3)C2)cc1F. The second-order valence-corrected chi connectivity index (χ2v) is 12.2. The van der Waals surface area contributed by atoms with Crippen molar-refractivity contribution in [2.45, 2.75) is 31.2 Å². The monoisotopic (exact) mass is 592 g/mol. The molecule has 1 saturated carbocycles. The minimum Gasteiger partial charge on any atom is -0.493 e. The summed E-state index contributed by atoms with van der Waals surface area (Å²) < 4.78 is 87.3. The normalized spacial score (nSPS) is 17.0. The molecule has 0 aromatic heterocycles. The Labute approximate surface area is 235 Å². The molecule has 41 heavy (non-hydrogen) atoms. The van der Waals surface area contributed by atoms with Crippen LogP contribution in [0.2, 0.25) is 0 Å². The summed E-state index contributed by atoms with van der Waals surface area (Å²) in [5, 5.41) is 0. The van der Waals surface area contributed by atoms with Gasteiger partial charge in [0.05, 0.1) is 24.5 Å². The number of halogens is 4. The van der Waals surface area contributed by atoms with E-state index in [1.165, 1.54) is 18.2 Å². The molecule has 1 saturated heterocycles. The highest BCUT2D eigenvalue weighted by Gasteiger charge is 2.36. The Morgan fingerprint density at radius 3 is 2.24 bits per heavy atom. The quantitative estimate of drug-likeness (QED) is 0.318. The molecule has 1 atom stereocenters. The lowest BCUT2D eigenvalue weighted by molar-refractivity contribution is -0.274. The van der Waals surface area contributed by atoms with Crippen LogP contribution in [0, 0.1) is 11.7 Å².